The predicted molar refractivity (Wildman–Crippen MR) is 69.7 cm³/mol. The Hall–Kier alpha value is -0.910. The van der Waals surface area contributed by atoms with Crippen LogP contribution in [0.4, 0.5) is 0 Å². The van der Waals surface area contributed by atoms with Crippen LogP contribution in [0, 0.1) is 6.92 Å². The molecular weight excluding hydrogens is 244 g/mol. The first-order valence-electron chi connectivity index (χ1n) is 7.00. The number of hydrogen-bond donors (Lipinski definition) is 1. The average Bonchev–Trinajstić information content (AvgIpc) is 2.93. The highest BCUT2D eigenvalue weighted by Crippen LogP contribution is 2.41. The third-order valence-corrected chi connectivity index (χ3v) is 4.37. The first-order chi connectivity index (χ1) is 9.00. The number of hydrogen-bond acceptors (Lipinski definition) is 4. The highest BCUT2D eigenvalue weighted by molar-refractivity contribution is 5.12. The van der Waals surface area contributed by atoms with E-state index in [1.165, 1.54) is 0 Å². The quantitative estimate of drug-likeness (QED) is 0.877. The van der Waals surface area contributed by atoms with Gasteiger partial charge in [-0.05, 0) is 25.8 Å². The third kappa shape index (κ3) is 2.55. The van der Waals surface area contributed by atoms with Crippen LogP contribution in [0.15, 0.2) is 6.07 Å². The van der Waals surface area contributed by atoms with Gasteiger partial charge in [0, 0.05) is 32.0 Å². The molecule has 5 heteroatoms. The van der Waals surface area contributed by atoms with E-state index in [0.717, 1.165) is 37.1 Å². The van der Waals surface area contributed by atoms with Crippen LogP contribution in [-0.4, -0.2) is 39.5 Å². The van der Waals surface area contributed by atoms with Crippen LogP contribution in [0.3, 0.4) is 0 Å². The molecule has 1 spiro atoms. The molecule has 1 aliphatic heterocycles. The summed E-state index contributed by atoms with van der Waals surface area (Å²) in [6.07, 6.45) is 3.65. The molecule has 0 radical (unpaired) electrons. The minimum Gasteiger partial charge on any atom is -0.389 e. The van der Waals surface area contributed by atoms with E-state index in [0.29, 0.717) is 19.6 Å². The average molecular weight is 266 g/mol. The molecule has 0 bridgehead atoms. The molecule has 3 rings (SSSR count). The normalized spacial score (nSPS) is 25.0. The van der Waals surface area contributed by atoms with E-state index >= 15 is 0 Å². The van der Waals surface area contributed by atoms with Crippen molar-refractivity contribution in [3.63, 3.8) is 0 Å². The van der Waals surface area contributed by atoms with Crippen molar-refractivity contribution < 1.29 is 14.6 Å². The Bertz CT molecular complexity index is 453. The van der Waals surface area contributed by atoms with E-state index in [1.807, 2.05) is 24.7 Å². The Morgan fingerprint density at radius 3 is 2.42 bits per heavy atom. The van der Waals surface area contributed by atoms with Crippen molar-refractivity contribution in [2.75, 3.05) is 13.2 Å². The van der Waals surface area contributed by atoms with Gasteiger partial charge in [0.25, 0.3) is 0 Å². The Balaban J connectivity index is 1.67. The van der Waals surface area contributed by atoms with E-state index in [1.54, 1.807) is 0 Å². The zero-order valence-corrected chi connectivity index (χ0v) is 11.7. The van der Waals surface area contributed by atoms with Gasteiger partial charge in [-0.15, -0.1) is 0 Å². The van der Waals surface area contributed by atoms with E-state index in [2.05, 4.69) is 5.10 Å². The lowest BCUT2D eigenvalue weighted by molar-refractivity contribution is -0.202. The Morgan fingerprint density at radius 2 is 1.89 bits per heavy atom. The van der Waals surface area contributed by atoms with Crippen LogP contribution < -0.4 is 0 Å². The van der Waals surface area contributed by atoms with Crippen LogP contribution in [-0.2, 0) is 22.9 Å². The van der Waals surface area contributed by atoms with Gasteiger partial charge < -0.3 is 14.6 Å². The zero-order chi connectivity index (χ0) is 13.5. The molecule has 1 aromatic heterocycles. The molecule has 5 nitrogen and oxygen atoms in total. The van der Waals surface area contributed by atoms with E-state index in [-0.39, 0.29) is 0 Å². The van der Waals surface area contributed by atoms with Gasteiger partial charge in [0.05, 0.1) is 24.5 Å². The topological polar surface area (TPSA) is 56.5 Å². The second-order valence-corrected chi connectivity index (χ2v) is 5.91. The second-order valence-electron chi connectivity index (χ2n) is 5.91. The number of nitrogens with zero attached hydrogens (tertiary/aromatic N) is 2. The fourth-order valence-electron chi connectivity index (χ4n) is 3.23. The van der Waals surface area contributed by atoms with Crippen molar-refractivity contribution in [1.29, 1.82) is 0 Å². The number of rotatable bonds is 2. The number of aliphatic hydroxyl groups is 1. The monoisotopic (exact) mass is 266 g/mol. The molecule has 0 amide bonds. The second kappa shape index (κ2) is 4.58. The summed E-state index contributed by atoms with van der Waals surface area (Å²) in [5.41, 5.74) is 1.43. The summed E-state index contributed by atoms with van der Waals surface area (Å²) in [5.74, 6) is -0.408. The highest BCUT2D eigenvalue weighted by atomic mass is 16.7. The van der Waals surface area contributed by atoms with Crippen LogP contribution in [0.2, 0.25) is 0 Å². The van der Waals surface area contributed by atoms with E-state index in [9.17, 15) is 5.11 Å². The fraction of sp³-hybridized carbons (Fsp3) is 0.786. The number of aromatic nitrogens is 2. The summed E-state index contributed by atoms with van der Waals surface area (Å²) >= 11 is 0. The molecule has 1 saturated carbocycles. The van der Waals surface area contributed by atoms with Gasteiger partial charge in [-0.25, -0.2) is 0 Å². The van der Waals surface area contributed by atoms with Gasteiger partial charge in [-0.1, -0.05) is 0 Å². The van der Waals surface area contributed by atoms with Crippen molar-refractivity contribution in [3.8, 4) is 0 Å². The largest absolute Gasteiger partial charge is 0.389 e. The predicted octanol–water partition coefficient (Wildman–Crippen LogP) is 1.32. The van der Waals surface area contributed by atoms with Gasteiger partial charge in [0.15, 0.2) is 5.79 Å². The zero-order valence-electron chi connectivity index (χ0n) is 11.7. The lowest BCUT2D eigenvalue weighted by Gasteiger charge is -2.40. The molecule has 1 N–H and O–H groups in total. The first-order valence-corrected chi connectivity index (χ1v) is 7.00. The van der Waals surface area contributed by atoms with Crippen LogP contribution in [0.1, 0.15) is 37.1 Å². The smallest absolute Gasteiger partial charge is 0.168 e. The Morgan fingerprint density at radius 1 is 1.26 bits per heavy atom. The van der Waals surface area contributed by atoms with Crippen molar-refractivity contribution in [2.45, 2.75) is 50.4 Å². The molecule has 0 unspecified atom stereocenters. The summed E-state index contributed by atoms with van der Waals surface area (Å²) in [7, 11) is 1.93. The van der Waals surface area contributed by atoms with Crippen molar-refractivity contribution in [1.82, 2.24) is 9.78 Å². The Labute approximate surface area is 113 Å². The molecule has 2 aliphatic rings. The number of aryl methyl sites for hydroxylation is 2. The maximum Gasteiger partial charge on any atom is 0.168 e. The summed E-state index contributed by atoms with van der Waals surface area (Å²) in [4.78, 5) is 0. The molecule has 19 heavy (non-hydrogen) atoms. The standard InChI is InChI=1S/C14H22N2O3/c1-11-9-12(16(2)15-11)10-13(17)3-5-14(6-4-13)18-7-8-19-14/h9,17H,3-8,10H2,1-2H3. The van der Waals surface area contributed by atoms with E-state index < -0.39 is 11.4 Å². The lowest BCUT2D eigenvalue weighted by atomic mass is 9.78. The summed E-state index contributed by atoms with van der Waals surface area (Å²) in [6.45, 7) is 3.34. The first kappa shape index (κ1) is 13.1. The van der Waals surface area contributed by atoms with E-state index in [4.69, 9.17) is 9.47 Å². The van der Waals surface area contributed by atoms with Crippen LogP contribution in [0.5, 0.6) is 0 Å². The van der Waals surface area contributed by atoms with Crippen molar-refractivity contribution >= 4 is 0 Å². The molecule has 106 valence electrons. The lowest BCUT2D eigenvalue weighted by Crippen LogP contribution is -2.45. The highest BCUT2D eigenvalue weighted by Gasteiger charge is 2.45. The molecule has 2 fully saturated rings. The van der Waals surface area contributed by atoms with Gasteiger partial charge in [0.2, 0.25) is 0 Å². The molecule has 1 saturated heterocycles. The minimum absolute atomic E-state index is 0.408. The third-order valence-electron chi connectivity index (χ3n) is 4.37. The molecule has 2 heterocycles. The summed E-state index contributed by atoms with van der Waals surface area (Å²) in [5, 5.41) is 15.1. The molecule has 1 aromatic rings. The molecular formula is C14H22N2O3. The SMILES string of the molecule is Cc1cc(CC2(O)CCC3(CC2)OCCO3)n(C)n1. The van der Waals surface area contributed by atoms with Gasteiger partial charge >= 0.3 is 0 Å². The van der Waals surface area contributed by atoms with Crippen LogP contribution in [0.25, 0.3) is 0 Å². The number of ether oxygens (including phenoxy) is 2. The van der Waals surface area contributed by atoms with Crippen LogP contribution >= 0.6 is 0 Å². The Kier molecular flexibility index (Phi) is 3.15. The van der Waals surface area contributed by atoms with Gasteiger partial charge in [0.1, 0.15) is 0 Å². The minimum atomic E-state index is -0.652. The van der Waals surface area contributed by atoms with Gasteiger partial charge in [-0.3, -0.25) is 4.68 Å². The maximum absolute atomic E-state index is 10.7. The van der Waals surface area contributed by atoms with Crippen molar-refractivity contribution in [3.05, 3.63) is 17.5 Å². The fourth-order valence-corrected chi connectivity index (χ4v) is 3.23. The summed E-state index contributed by atoms with van der Waals surface area (Å²) in [6, 6.07) is 2.05. The van der Waals surface area contributed by atoms with Gasteiger partial charge in [-0.2, -0.15) is 5.10 Å². The molecule has 0 aromatic carbocycles. The molecule has 0 atom stereocenters. The summed E-state index contributed by atoms with van der Waals surface area (Å²) < 4.78 is 13.3. The van der Waals surface area contributed by atoms with Crippen molar-refractivity contribution in [2.24, 2.45) is 7.05 Å². The maximum atomic E-state index is 10.7. The molecule has 1 aliphatic carbocycles.